The lowest BCUT2D eigenvalue weighted by atomic mass is 9.86. The van der Waals surface area contributed by atoms with Gasteiger partial charge in [0.05, 0.1) is 6.04 Å². The summed E-state index contributed by atoms with van der Waals surface area (Å²) >= 11 is 0. The zero-order valence-electron chi connectivity index (χ0n) is 7.37. The summed E-state index contributed by atoms with van der Waals surface area (Å²) in [5.41, 5.74) is 0. The van der Waals surface area contributed by atoms with Crippen LogP contribution in [0.1, 0.15) is 20.3 Å². The Morgan fingerprint density at radius 2 is 2.18 bits per heavy atom. The highest BCUT2D eigenvalue weighted by molar-refractivity contribution is 6.45. The molecule has 0 spiro atoms. The lowest BCUT2D eigenvalue weighted by Crippen LogP contribution is -2.41. The topological polar surface area (TPSA) is 49.3 Å². The number of hydrogen-bond acceptors (Lipinski definition) is 3. The molecule has 0 saturated heterocycles. The van der Waals surface area contributed by atoms with Crippen molar-refractivity contribution in [1.29, 1.82) is 0 Å². The van der Waals surface area contributed by atoms with Gasteiger partial charge in [-0.3, -0.25) is 0 Å². The fraction of sp³-hybridized carbons (Fsp3) is 0.857. The summed E-state index contributed by atoms with van der Waals surface area (Å²) in [6.45, 7) is 5.69. The van der Waals surface area contributed by atoms with Gasteiger partial charge in [-0.2, -0.15) is 0 Å². The Morgan fingerprint density at radius 1 is 1.64 bits per heavy atom. The van der Waals surface area contributed by atoms with Gasteiger partial charge in [0.2, 0.25) is 0 Å². The van der Waals surface area contributed by atoms with Gasteiger partial charge in [-0.1, -0.05) is 13.8 Å². The van der Waals surface area contributed by atoms with Crippen LogP contribution in [-0.4, -0.2) is 24.4 Å². The average Bonchev–Trinajstić information content (AvgIpc) is 1.84. The minimum atomic E-state index is -0.607. The van der Waals surface area contributed by atoms with Crippen LogP contribution >= 0.6 is 0 Å². The highest BCUT2D eigenvalue weighted by Crippen LogP contribution is 2.02. The number of aldehydes is 1. The van der Waals surface area contributed by atoms with Crippen molar-refractivity contribution < 1.29 is 9.82 Å². The van der Waals surface area contributed by atoms with E-state index in [0.717, 1.165) is 12.7 Å². The molecule has 0 heterocycles. The van der Waals surface area contributed by atoms with Crippen molar-refractivity contribution in [2.75, 3.05) is 0 Å². The Hall–Kier alpha value is -0.345. The maximum absolute atomic E-state index is 10.4. The molecule has 64 valence electrons. The predicted octanol–water partition coefficient (Wildman–Crippen LogP) is 0.300. The van der Waals surface area contributed by atoms with E-state index in [0.29, 0.717) is 5.92 Å². The summed E-state index contributed by atoms with van der Waals surface area (Å²) in [5.74, 6) is 0.469. The van der Waals surface area contributed by atoms with Crippen molar-refractivity contribution in [3.8, 4) is 0 Å². The normalized spacial score (nSPS) is 13.2. The minimum Gasteiger partial charge on any atom is -0.437 e. The highest BCUT2D eigenvalue weighted by atomic mass is 16.2. The van der Waals surface area contributed by atoms with Gasteiger partial charge in [-0.05, 0) is 19.2 Å². The van der Waals surface area contributed by atoms with E-state index in [1.54, 1.807) is 6.82 Å². The molecular weight excluding hydrogens is 141 g/mol. The Morgan fingerprint density at radius 3 is 2.45 bits per heavy atom. The summed E-state index contributed by atoms with van der Waals surface area (Å²) < 4.78 is 0. The van der Waals surface area contributed by atoms with Gasteiger partial charge < -0.3 is 15.0 Å². The molecule has 11 heavy (non-hydrogen) atoms. The first-order valence-corrected chi connectivity index (χ1v) is 3.95. The second-order valence-electron chi connectivity index (χ2n) is 3.21. The Kier molecular flexibility index (Phi) is 5.16. The summed E-state index contributed by atoms with van der Waals surface area (Å²) in [5, 5.41) is 11.6. The van der Waals surface area contributed by atoms with Gasteiger partial charge in [-0.25, -0.2) is 0 Å². The van der Waals surface area contributed by atoms with Crippen LogP contribution in [0.4, 0.5) is 0 Å². The summed E-state index contributed by atoms with van der Waals surface area (Å²) in [6, 6.07) is -0.213. The molecule has 0 aliphatic heterocycles. The van der Waals surface area contributed by atoms with Crippen molar-refractivity contribution in [3.63, 3.8) is 0 Å². The van der Waals surface area contributed by atoms with Gasteiger partial charge in [0.1, 0.15) is 6.29 Å². The first-order chi connectivity index (χ1) is 5.06. The van der Waals surface area contributed by atoms with E-state index < -0.39 is 7.05 Å². The maximum atomic E-state index is 10.4. The Balaban J connectivity index is 3.67. The second kappa shape index (κ2) is 5.32. The molecule has 0 fully saturated rings. The van der Waals surface area contributed by atoms with Crippen LogP contribution in [0.2, 0.25) is 6.82 Å². The number of hydrogen-bond donors (Lipinski definition) is 2. The van der Waals surface area contributed by atoms with Gasteiger partial charge in [-0.15, -0.1) is 0 Å². The molecule has 0 aliphatic rings. The smallest absolute Gasteiger partial charge is 0.374 e. The molecule has 0 aromatic heterocycles. The zero-order chi connectivity index (χ0) is 8.85. The number of rotatable bonds is 5. The molecule has 1 atom stereocenters. The predicted molar refractivity (Wildman–Crippen MR) is 46.3 cm³/mol. The van der Waals surface area contributed by atoms with Gasteiger partial charge in [0.25, 0.3) is 0 Å². The number of nitrogens with one attached hydrogen (secondary N) is 1. The van der Waals surface area contributed by atoms with Crippen LogP contribution < -0.4 is 5.23 Å². The quantitative estimate of drug-likeness (QED) is 0.445. The first-order valence-electron chi connectivity index (χ1n) is 3.95. The zero-order valence-corrected chi connectivity index (χ0v) is 7.37. The van der Waals surface area contributed by atoms with Crippen molar-refractivity contribution in [2.24, 2.45) is 5.92 Å². The summed E-state index contributed by atoms with van der Waals surface area (Å²) in [4.78, 5) is 10.4. The van der Waals surface area contributed by atoms with Crippen LogP contribution in [-0.2, 0) is 4.79 Å². The SMILES string of the molecule is CB(O)N[C@H](C=O)CC(C)C. The van der Waals surface area contributed by atoms with E-state index >= 15 is 0 Å². The molecule has 0 rings (SSSR count). The molecule has 0 aromatic carbocycles. The molecule has 4 heteroatoms. The molecule has 2 N–H and O–H groups in total. The van der Waals surface area contributed by atoms with Crippen LogP contribution in [0.5, 0.6) is 0 Å². The summed E-state index contributed by atoms with van der Waals surface area (Å²) in [7, 11) is -0.607. The molecule has 0 amide bonds. The van der Waals surface area contributed by atoms with E-state index in [1.165, 1.54) is 0 Å². The van der Waals surface area contributed by atoms with Crippen molar-refractivity contribution >= 4 is 13.3 Å². The highest BCUT2D eigenvalue weighted by Gasteiger charge is 2.12. The molecular formula is C7H16BNO2. The van der Waals surface area contributed by atoms with Crippen molar-refractivity contribution in [1.82, 2.24) is 5.23 Å². The molecule has 0 aromatic rings. The molecule has 0 aliphatic carbocycles. The van der Waals surface area contributed by atoms with Gasteiger partial charge in [0, 0.05) is 0 Å². The molecule has 0 unspecified atom stereocenters. The van der Waals surface area contributed by atoms with E-state index in [-0.39, 0.29) is 6.04 Å². The molecule has 0 saturated carbocycles. The van der Waals surface area contributed by atoms with E-state index in [9.17, 15) is 4.79 Å². The lowest BCUT2D eigenvalue weighted by Gasteiger charge is -2.14. The van der Waals surface area contributed by atoms with Crippen molar-refractivity contribution in [2.45, 2.75) is 33.1 Å². The molecule has 0 radical (unpaired) electrons. The van der Waals surface area contributed by atoms with Crippen molar-refractivity contribution in [3.05, 3.63) is 0 Å². The number of carbonyl (C=O) groups is 1. The van der Waals surface area contributed by atoms with Gasteiger partial charge in [0.15, 0.2) is 0 Å². The van der Waals surface area contributed by atoms with Crippen LogP contribution in [0.3, 0.4) is 0 Å². The molecule has 0 bridgehead atoms. The third-order valence-electron chi connectivity index (χ3n) is 1.34. The standard InChI is InChI=1S/C7H16BNO2/c1-6(2)4-7(5-10)9-8(3)11/h5-7,9,11H,4H2,1-3H3/t7-/m0/s1. The second-order valence-corrected chi connectivity index (χ2v) is 3.21. The van der Waals surface area contributed by atoms with E-state index in [4.69, 9.17) is 5.02 Å². The van der Waals surface area contributed by atoms with Crippen LogP contribution in [0.15, 0.2) is 0 Å². The number of carbonyl (C=O) groups excluding carboxylic acids is 1. The monoisotopic (exact) mass is 157 g/mol. The van der Waals surface area contributed by atoms with E-state index in [2.05, 4.69) is 5.23 Å². The van der Waals surface area contributed by atoms with Crippen LogP contribution in [0, 0.1) is 5.92 Å². The fourth-order valence-corrected chi connectivity index (χ4v) is 0.981. The average molecular weight is 157 g/mol. The summed E-state index contributed by atoms with van der Waals surface area (Å²) in [6.07, 6.45) is 1.61. The minimum absolute atomic E-state index is 0.213. The third-order valence-corrected chi connectivity index (χ3v) is 1.34. The largest absolute Gasteiger partial charge is 0.437 e. The Bertz CT molecular complexity index is 107. The maximum Gasteiger partial charge on any atom is 0.374 e. The Labute approximate surface area is 68.3 Å². The fourth-order valence-electron chi connectivity index (χ4n) is 0.981. The molecule has 3 nitrogen and oxygen atoms in total. The van der Waals surface area contributed by atoms with Gasteiger partial charge >= 0.3 is 7.05 Å². The van der Waals surface area contributed by atoms with E-state index in [1.807, 2.05) is 13.8 Å². The van der Waals surface area contributed by atoms with Crippen LogP contribution in [0.25, 0.3) is 0 Å². The third kappa shape index (κ3) is 6.07. The first kappa shape index (κ1) is 10.7. The lowest BCUT2D eigenvalue weighted by molar-refractivity contribution is -0.109.